The molecule has 0 saturated carbocycles. The molecule has 0 aliphatic rings. The Kier molecular flexibility index (Phi) is 3.00. The molecule has 0 fully saturated rings. The normalized spacial score (nSPS) is 13.6. The monoisotopic (exact) mass is 183 g/mol. The first-order valence-electron chi connectivity index (χ1n) is 2.99. The average molecular weight is 184 g/mol. The number of rotatable bonds is 1. The van der Waals surface area contributed by atoms with Gasteiger partial charge in [-0.3, -0.25) is 0 Å². The van der Waals surface area contributed by atoms with Gasteiger partial charge in [-0.1, -0.05) is 30.9 Å². The van der Waals surface area contributed by atoms with E-state index in [0.29, 0.717) is 0 Å². The highest BCUT2D eigenvalue weighted by Crippen LogP contribution is 2.48. The summed E-state index contributed by atoms with van der Waals surface area (Å²) in [5.74, 6) is 0. The molecule has 0 aromatic rings. The molecule has 0 rings (SSSR count). The van der Waals surface area contributed by atoms with Crippen LogP contribution in [0.1, 0.15) is 0 Å². The minimum absolute atomic E-state index is 1.25. The van der Waals surface area contributed by atoms with Gasteiger partial charge in [0.2, 0.25) is 0 Å². The zero-order valence-electron chi connectivity index (χ0n) is 6.77. The zero-order chi connectivity index (χ0) is 7.71. The molecule has 1 nitrogen and oxygen atoms in total. The molecule has 0 unspecified atom stereocenters. The van der Waals surface area contributed by atoms with Crippen molar-refractivity contribution in [3.63, 3.8) is 0 Å². The standard InChI is InChI=1S/C5H15ClNPSi/c1-8(2,6)7-9(3,4)5/h1-5H3. The fraction of sp³-hybridized carbons (Fsp3) is 1.00. The summed E-state index contributed by atoms with van der Waals surface area (Å²) in [7, 11) is -1.25. The van der Waals surface area contributed by atoms with Gasteiger partial charge in [-0.2, -0.15) is 0 Å². The van der Waals surface area contributed by atoms with E-state index in [2.05, 4.69) is 24.1 Å². The minimum Gasteiger partial charge on any atom is -0.324 e. The molecule has 0 spiro atoms. The number of hydrogen-bond acceptors (Lipinski definition) is 1. The lowest BCUT2D eigenvalue weighted by molar-refractivity contribution is 1.59. The molecule has 0 atom stereocenters. The molecule has 0 aromatic heterocycles. The third kappa shape index (κ3) is 8.74. The van der Waals surface area contributed by atoms with Crippen LogP contribution in [-0.4, -0.2) is 21.6 Å². The zero-order valence-corrected chi connectivity index (χ0v) is 9.42. The van der Waals surface area contributed by atoms with Crippen molar-refractivity contribution in [2.75, 3.05) is 13.3 Å². The quantitative estimate of drug-likeness (QED) is 0.436. The van der Waals surface area contributed by atoms with Crippen LogP contribution in [0.3, 0.4) is 0 Å². The summed E-state index contributed by atoms with van der Waals surface area (Å²) in [6.45, 7) is 10.7. The third-order valence-electron chi connectivity index (χ3n) is 0.538. The van der Waals surface area contributed by atoms with E-state index in [9.17, 15) is 0 Å². The number of hydrogen-bond donors (Lipinski definition) is 0. The molecule has 56 valence electrons. The average Bonchev–Trinajstić information content (AvgIpc) is 1.14. The van der Waals surface area contributed by atoms with Gasteiger partial charge in [-0.25, -0.2) is 0 Å². The maximum atomic E-state index is 6.00. The van der Waals surface area contributed by atoms with Gasteiger partial charge in [-0.05, 0) is 13.3 Å². The first-order valence-corrected chi connectivity index (χ1v) is 9.98. The second-order valence-corrected chi connectivity index (χ2v) is 13.7. The SMILES string of the molecule is C[Si](C)(C)N=P(C)(C)Cl. The van der Waals surface area contributed by atoms with E-state index in [4.69, 9.17) is 11.2 Å². The fourth-order valence-corrected chi connectivity index (χ4v) is 8.46. The Balaban J connectivity index is 4.32. The van der Waals surface area contributed by atoms with Gasteiger partial charge in [0, 0.05) is 6.41 Å². The van der Waals surface area contributed by atoms with Crippen molar-refractivity contribution >= 4 is 25.9 Å². The molecule has 0 saturated heterocycles. The predicted octanol–water partition coefficient (Wildman–Crippen LogP) is 3.44. The Morgan fingerprint density at radius 1 is 1.22 bits per heavy atom. The van der Waals surface area contributed by atoms with Crippen molar-refractivity contribution < 1.29 is 0 Å². The number of halogens is 1. The molecule has 0 N–H and O–H groups in total. The Bertz CT molecular complexity index is 135. The summed E-state index contributed by atoms with van der Waals surface area (Å²) in [5, 5.41) is 0. The largest absolute Gasteiger partial charge is 0.324 e. The van der Waals surface area contributed by atoms with Gasteiger partial charge in [0.25, 0.3) is 0 Å². The van der Waals surface area contributed by atoms with E-state index in [1.165, 1.54) is 0 Å². The highest BCUT2D eigenvalue weighted by atomic mass is 35.7. The van der Waals surface area contributed by atoms with Gasteiger partial charge >= 0.3 is 0 Å². The molecule has 0 aliphatic carbocycles. The van der Waals surface area contributed by atoms with Crippen molar-refractivity contribution in [1.29, 1.82) is 0 Å². The molecule has 4 heteroatoms. The van der Waals surface area contributed by atoms with Crippen LogP contribution in [-0.2, 0) is 0 Å². The van der Waals surface area contributed by atoms with Gasteiger partial charge in [-0.15, -0.1) is 0 Å². The molecular formula is C5H15ClNPSi. The van der Waals surface area contributed by atoms with Crippen LogP contribution in [0, 0.1) is 0 Å². The Morgan fingerprint density at radius 2 is 1.56 bits per heavy atom. The van der Waals surface area contributed by atoms with Crippen LogP contribution in [0.25, 0.3) is 0 Å². The van der Waals surface area contributed by atoms with Crippen LogP contribution in [0.15, 0.2) is 4.41 Å². The first kappa shape index (κ1) is 9.74. The van der Waals surface area contributed by atoms with Crippen molar-refractivity contribution in [3.05, 3.63) is 0 Å². The van der Waals surface area contributed by atoms with E-state index < -0.39 is 14.6 Å². The van der Waals surface area contributed by atoms with Crippen molar-refractivity contribution in [2.45, 2.75) is 19.6 Å². The summed E-state index contributed by atoms with van der Waals surface area (Å²) < 4.78 is 4.56. The van der Waals surface area contributed by atoms with E-state index >= 15 is 0 Å². The lowest BCUT2D eigenvalue weighted by atomic mass is 11.8. The van der Waals surface area contributed by atoms with E-state index in [1.807, 2.05) is 13.3 Å². The second kappa shape index (κ2) is 2.77. The summed E-state index contributed by atoms with van der Waals surface area (Å²) in [6, 6.07) is 0. The molecule has 0 heterocycles. The van der Waals surface area contributed by atoms with E-state index in [-0.39, 0.29) is 0 Å². The van der Waals surface area contributed by atoms with Crippen molar-refractivity contribution in [3.8, 4) is 0 Å². The van der Waals surface area contributed by atoms with Crippen LogP contribution < -0.4 is 0 Å². The minimum atomic E-state index is -1.38. The lowest BCUT2D eigenvalue weighted by Crippen LogP contribution is -2.14. The fourth-order valence-electron chi connectivity index (χ4n) is 0.713. The van der Waals surface area contributed by atoms with Crippen LogP contribution in [0.2, 0.25) is 19.6 Å². The van der Waals surface area contributed by atoms with Crippen LogP contribution in [0.4, 0.5) is 0 Å². The summed E-state index contributed by atoms with van der Waals surface area (Å²) in [5.41, 5.74) is 0. The molecule has 9 heavy (non-hydrogen) atoms. The lowest BCUT2D eigenvalue weighted by Gasteiger charge is -2.14. The molecule has 0 radical (unpaired) electrons. The Morgan fingerprint density at radius 3 is 1.56 bits per heavy atom. The van der Waals surface area contributed by atoms with Crippen molar-refractivity contribution in [1.82, 2.24) is 0 Å². The first-order chi connectivity index (χ1) is 3.71. The van der Waals surface area contributed by atoms with Gasteiger partial charge in [0.1, 0.15) is 0 Å². The molecule has 0 amide bonds. The Labute approximate surface area is 63.7 Å². The highest BCUT2D eigenvalue weighted by molar-refractivity contribution is 7.90. The summed E-state index contributed by atoms with van der Waals surface area (Å²) >= 11 is 6.00. The molecule has 0 aliphatic heterocycles. The van der Waals surface area contributed by atoms with Gasteiger partial charge < -0.3 is 4.41 Å². The maximum Gasteiger partial charge on any atom is 0.171 e. The second-order valence-electron chi connectivity index (χ2n) is 3.53. The van der Waals surface area contributed by atoms with Crippen LogP contribution >= 0.6 is 17.6 Å². The third-order valence-corrected chi connectivity index (χ3v) is 5.52. The predicted molar refractivity (Wildman–Crippen MR) is 50.4 cm³/mol. The van der Waals surface area contributed by atoms with E-state index in [0.717, 1.165) is 0 Å². The molecule has 0 aromatic carbocycles. The molecular weight excluding hydrogens is 169 g/mol. The summed E-state index contributed by atoms with van der Waals surface area (Å²) in [4.78, 5) is 0. The maximum absolute atomic E-state index is 6.00. The van der Waals surface area contributed by atoms with Crippen molar-refractivity contribution in [2.24, 2.45) is 4.41 Å². The molecule has 0 bridgehead atoms. The highest BCUT2D eigenvalue weighted by Gasteiger charge is 2.13. The van der Waals surface area contributed by atoms with Gasteiger partial charge in [0.15, 0.2) is 8.24 Å². The number of nitrogens with zero attached hydrogens (tertiary/aromatic N) is 1. The van der Waals surface area contributed by atoms with Crippen LogP contribution in [0.5, 0.6) is 0 Å². The summed E-state index contributed by atoms with van der Waals surface area (Å²) in [6.07, 6.45) is -1.38. The van der Waals surface area contributed by atoms with Gasteiger partial charge in [0.05, 0.1) is 0 Å². The topological polar surface area (TPSA) is 12.4 Å². The van der Waals surface area contributed by atoms with E-state index in [1.54, 1.807) is 0 Å². The smallest absolute Gasteiger partial charge is 0.171 e. The Hall–Kier alpha value is 0.737.